The number of hydrogen-bond acceptors (Lipinski definition) is 2. The Kier molecular flexibility index (Phi) is 5.12. The van der Waals surface area contributed by atoms with Crippen LogP contribution >= 0.6 is 0 Å². The molecule has 2 aromatic rings. The average molecular weight is 282 g/mol. The van der Waals surface area contributed by atoms with E-state index >= 15 is 0 Å². The Balaban J connectivity index is 2.07. The highest BCUT2D eigenvalue weighted by atomic mass is 16.1. The van der Waals surface area contributed by atoms with Crippen LogP contribution in [0, 0.1) is 6.92 Å². The van der Waals surface area contributed by atoms with E-state index in [1.165, 1.54) is 5.56 Å². The van der Waals surface area contributed by atoms with Crippen LogP contribution in [0.15, 0.2) is 48.5 Å². The van der Waals surface area contributed by atoms with Gasteiger partial charge < -0.3 is 10.6 Å². The molecule has 0 aliphatic rings. The highest BCUT2D eigenvalue weighted by molar-refractivity contribution is 6.05. The Morgan fingerprint density at radius 2 is 1.76 bits per heavy atom. The molecule has 0 aliphatic heterocycles. The fourth-order valence-electron chi connectivity index (χ4n) is 2.31. The fraction of sp³-hybridized carbons (Fsp3) is 0.278. The zero-order valence-electron chi connectivity index (χ0n) is 12.8. The quantitative estimate of drug-likeness (QED) is 0.872. The second kappa shape index (κ2) is 7.04. The van der Waals surface area contributed by atoms with Crippen molar-refractivity contribution in [3.05, 3.63) is 65.2 Å². The summed E-state index contributed by atoms with van der Waals surface area (Å²) in [4.78, 5) is 12.2. The van der Waals surface area contributed by atoms with E-state index in [-0.39, 0.29) is 5.91 Å². The van der Waals surface area contributed by atoms with Crippen LogP contribution in [0.3, 0.4) is 0 Å². The van der Waals surface area contributed by atoms with Crippen molar-refractivity contribution in [2.45, 2.75) is 26.8 Å². The maximum Gasteiger partial charge on any atom is 0.255 e. The Labute approximate surface area is 126 Å². The van der Waals surface area contributed by atoms with E-state index in [2.05, 4.69) is 24.5 Å². The largest absolute Gasteiger partial charge is 0.322 e. The molecule has 0 saturated heterocycles. The molecular formula is C18H22N2O. The first kappa shape index (κ1) is 15.3. The molecule has 0 aromatic heterocycles. The maximum absolute atomic E-state index is 12.2. The lowest BCUT2D eigenvalue weighted by atomic mass is 10.1. The zero-order valence-corrected chi connectivity index (χ0v) is 12.8. The number of carbonyl (C=O) groups excluding carboxylic acids is 1. The Morgan fingerprint density at radius 3 is 2.38 bits per heavy atom. The first-order valence-corrected chi connectivity index (χ1v) is 7.32. The first-order valence-electron chi connectivity index (χ1n) is 7.32. The number of nitrogens with one attached hydrogen (secondary N) is 2. The van der Waals surface area contributed by atoms with Crippen molar-refractivity contribution >= 4 is 11.6 Å². The lowest BCUT2D eigenvalue weighted by Crippen LogP contribution is -2.17. The van der Waals surface area contributed by atoms with Gasteiger partial charge >= 0.3 is 0 Å². The maximum atomic E-state index is 12.2. The van der Waals surface area contributed by atoms with Gasteiger partial charge in [0, 0.05) is 17.3 Å². The molecule has 0 bridgehead atoms. The summed E-state index contributed by atoms with van der Waals surface area (Å²) in [6, 6.07) is 15.9. The van der Waals surface area contributed by atoms with E-state index in [1.807, 2.05) is 55.5 Å². The summed E-state index contributed by atoms with van der Waals surface area (Å²) in [6.45, 7) is 7.10. The SMILES string of the molecule is CCNC(C)c1ccc(NC(=O)c2ccccc2C)cc1. The van der Waals surface area contributed by atoms with Crippen molar-refractivity contribution in [2.24, 2.45) is 0 Å². The van der Waals surface area contributed by atoms with Gasteiger partial charge in [-0.1, -0.05) is 37.3 Å². The number of benzene rings is 2. The third-order valence-electron chi connectivity index (χ3n) is 3.57. The molecule has 0 saturated carbocycles. The van der Waals surface area contributed by atoms with Gasteiger partial charge in [-0.15, -0.1) is 0 Å². The summed E-state index contributed by atoms with van der Waals surface area (Å²) in [5.74, 6) is -0.0689. The minimum atomic E-state index is -0.0689. The lowest BCUT2D eigenvalue weighted by molar-refractivity contribution is 0.102. The first-order chi connectivity index (χ1) is 10.1. The van der Waals surface area contributed by atoms with E-state index in [9.17, 15) is 4.79 Å². The highest BCUT2D eigenvalue weighted by Gasteiger charge is 2.09. The Morgan fingerprint density at radius 1 is 1.10 bits per heavy atom. The standard InChI is InChI=1S/C18H22N2O/c1-4-19-14(3)15-9-11-16(12-10-15)20-18(21)17-8-6-5-7-13(17)2/h5-12,14,19H,4H2,1-3H3,(H,20,21). The molecule has 3 heteroatoms. The molecule has 0 spiro atoms. The highest BCUT2D eigenvalue weighted by Crippen LogP contribution is 2.17. The van der Waals surface area contributed by atoms with Gasteiger partial charge in [0.05, 0.1) is 0 Å². The predicted molar refractivity (Wildman–Crippen MR) is 87.7 cm³/mol. The van der Waals surface area contributed by atoms with E-state index < -0.39 is 0 Å². The number of hydrogen-bond donors (Lipinski definition) is 2. The van der Waals surface area contributed by atoms with Crippen molar-refractivity contribution in [1.82, 2.24) is 5.32 Å². The summed E-state index contributed by atoms with van der Waals surface area (Å²) in [5.41, 5.74) is 3.72. The van der Waals surface area contributed by atoms with Crippen molar-refractivity contribution < 1.29 is 4.79 Å². The number of amides is 1. The summed E-state index contributed by atoms with van der Waals surface area (Å²) in [5, 5.41) is 6.31. The van der Waals surface area contributed by atoms with Gasteiger partial charge in [-0.2, -0.15) is 0 Å². The van der Waals surface area contributed by atoms with Crippen molar-refractivity contribution in [2.75, 3.05) is 11.9 Å². The number of carbonyl (C=O) groups is 1. The molecule has 21 heavy (non-hydrogen) atoms. The molecule has 0 aliphatic carbocycles. The second-order valence-electron chi connectivity index (χ2n) is 5.17. The predicted octanol–water partition coefficient (Wildman–Crippen LogP) is 3.92. The van der Waals surface area contributed by atoms with Crippen LogP contribution in [0.2, 0.25) is 0 Å². The molecular weight excluding hydrogens is 260 g/mol. The van der Waals surface area contributed by atoms with E-state index in [0.29, 0.717) is 11.6 Å². The summed E-state index contributed by atoms with van der Waals surface area (Å²) in [6.07, 6.45) is 0. The minimum absolute atomic E-state index is 0.0689. The van der Waals surface area contributed by atoms with Crippen LogP contribution in [-0.4, -0.2) is 12.5 Å². The van der Waals surface area contributed by atoms with Gasteiger partial charge in [-0.25, -0.2) is 0 Å². The van der Waals surface area contributed by atoms with E-state index in [4.69, 9.17) is 0 Å². The van der Waals surface area contributed by atoms with Crippen LogP contribution in [0.4, 0.5) is 5.69 Å². The number of rotatable bonds is 5. The van der Waals surface area contributed by atoms with Crippen LogP contribution < -0.4 is 10.6 Å². The van der Waals surface area contributed by atoms with Crippen molar-refractivity contribution in [3.63, 3.8) is 0 Å². The minimum Gasteiger partial charge on any atom is -0.322 e. The third-order valence-corrected chi connectivity index (χ3v) is 3.57. The van der Waals surface area contributed by atoms with Crippen molar-refractivity contribution in [1.29, 1.82) is 0 Å². The molecule has 2 aromatic carbocycles. The molecule has 1 amide bonds. The van der Waals surface area contributed by atoms with Gasteiger partial charge in [0.1, 0.15) is 0 Å². The van der Waals surface area contributed by atoms with Gasteiger partial charge in [0.25, 0.3) is 5.91 Å². The monoisotopic (exact) mass is 282 g/mol. The topological polar surface area (TPSA) is 41.1 Å². The smallest absolute Gasteiger partial charge is 0.255 e. The number of aryl methyl sites for hydroxylation is 1. The summed E-state index contributed by atoms with van der Waals surface area (Å²) in [7, 11) is 0. The average Bonchev–Trinajstić information content (AvgIpc) is 2.48. The molecule has 3 nitrogen and oxygen atoms in total. The molecule has 2 rings (SSSR count). The normalized spacial score (nSPS) is 12.0. The molecule has 1 atom stereocenters. The van der Waals surface area contributed by atoms with Crippen LogP contribution in [0.1, 0.15) is 41.4 Å². The zero-order chi connectivity index (χ0) is 15.2. The van der Waals surface area contributed by atoms with E-state index in [1.54, 1.807) is 0 Å². The Hall–Kier alpha value is -2.13. The van der Waals surface area contributed by atoms with Gasteiger partial charge in [-0.3, -0.25) is 4.79 Å². The van der Waals surface area contributed by atoms with Crippen LogP contribution in [0.25, 0.3) is 0 Å². The van der Waals surface area contributed by atoms with Crippen LogP contribution in [-0.2, 0) is 0 Å². The summed E-state index contributed by atoms with van der Waals surface area (Å²) < 4.78 is 0. The number of anilines is 1. The van der Waals surface area contributed by atoms with Gasteiger partial charge in [0.2, 0.25) is 0 Å². The van der Waals surface area contributed by atoms with Crippen molar-refractivity contribution in [3.8, 4) is 0 Å². The molecule has 0 radical (unpaired) electrons. The molecule has 0 heterocycles. The molecule has 0 fully saturated rings. The molecule has 110 valence electrons. The second-order valence-corrected chi connectivity index (χ2v) is 5.17. The third kappa shape index (κ3) is 3.92. The molecule has 2 N–H and O–H groups in total. The van der Waals surface area contributed by atoms with Gasteiger partial charge in [-0.05, 0) is 49.7 Å². The van der Waals surface area contributed by atoms with E-state index in [0.717, 1.165) is 17.8 Å². The summed E-state index contributed by atoms with van der Waals surface area (Å²) >= 11 is 0. The van der Waals surface area contributed by atoms with Crippen LogP contribution in [0.5, 0.6) is 0 Å². The fourth-order valence-corrected chi connectivity index (χ4v) is 2.31. The van der Waals surface area contributed by atoms with Gasteiger partial charge in [0.15, 0.2) is 0 Å². The lowest BCUT2D eigenvalue weighted by Gasteiger charge is -2.13. The Bertz CT molecular complexity index is 605. The molecule has 1 unspecified atom stereocenters.